The molecule has 0 amide bonds. The van der Waals surface area contributed by atoms with Crippen LogP contribution in [-0.4, -0.2) is 0 Å². The SMILES string of the molecule is CC(C)(C)c1cccc(C(C)(C)C)c1N. The highest BCUT2D eigenvalue weighted by Gasteiger charge is 2.23. The Labute approximate surface area is 93.7 Å². The third-order valence-electron chi connectivity index (χ3n) is 2.72. The first-order valence-electron chi connectivity index (χ1n) is 5.53. The van der Waals surface area contributed by atoms with E-state index >= 15 is 0 Å². The molecule has 0 aliphatic carbocycles. The minimum atomic E-state index is 0.116. The van der Waals surface area contributed by atoms with Gasteiger partial charge in [0, 0.05) is 5.69 Å². The first-order chi connectivity index (χ1) is 6.64. The fourth-order valence-corrected chi connectivity index (χ4v) is 1.87. The number of hydrogen-bond acceptors (Lipinski definition) is 1. The summed E-state index contributed by atoms with van der Waals surface area (Å²) in [7, 11) is 0. The van der Waals surface area contributed by atoms with Crippen molar-refractivity contribution in [3.05, 3.63) is 29.3 Å². The summed E-state index contributed by atoms with van der Waals surface area (Å²) in [5.41, 5.74) is 9.94. The molecule has 0 spiro atoms. The van der Waals surface area contributed by atoms with E-state index in [9.17, 15) is 0 Å². The fraction of sp³-hybridized carbons (Fsp3) is 0.571. The number of rotatable bonds is 0. The lowest BCUT2D eigenvalue weighted by molar-refractivity contribution is 0.573. The monoisotopic (exact) mass is 205 g/mol. The zero-order chi connectivity index (χ0) is 11.9. The molecule has 1 heteroatoms. The second kappa shape index (κ2) is 3.55. The van der Waals surface area contributed by atoms with E-state index in [2.05, 4.69) is 59.7 Å². The first kappa shape index (κ1) is 12.1. The normalized spacial score (nSPS) is 12.9. The Balaban J connectivity index is 3.37. The summed E-state index contributed by atoms with van der Waals surface area (Å²) in [5.74, 6) is 0. The Bertz CT molecular complexity index is 318. The minimum Gasteiger partial charge on any atom is -0.398 e. The molecule has 0 saturated carbocycles. The van der Waals surface area contributed by atoms with Gasteiger partial charge < -0.3 is 5.73 Å². The van der Waals surface area contributed by atoms with Crippen LogP contribution in [0.15, 0.2) is 18.2 Å². The van der Waals surface area contributed by atoms with E-state index in [1.165, 1.54) is 11.1 Å². The Morgan fingerprint density at radius 1 is 0.800 bits per heavy atom. The van der Waals surface area contributed by atoms with Crippen LogP contribution in [0.1, 0.15) is 52.7 Å². The van der Waals surface area contributed by atoms with E-state index in [1.54, 1.807) is 0 Å². The maximum absolute atomic E-state index is 6.26. The van der Waals surface area contributed by atoms with Crippen LogP contribution in [0.3, 0.4) is 0 Å². The highest BCUT2D eigenvalue weighted by molar-refractivity contribution is 5.58. The Morgan fingerprint density at radius 2 is 1.13 bits per heavy atom. The molecule has 2 N–H and O–H groups in total. The smallest absolute Gasteiger partial charge is 0.0389 e. The van der Waals surface area contributed by atoms with E-state index < -0.39 is 0 Å². The lowest BCUT2D eigenvalue weighted by Gasteiger charge is -2.27. The number of hydrogen-bond donors (Lipinski definition) is 1. The van der Waals surface area contributed by atoms with Gasteiger partial charge in [-0.3, -0.25) is 0 Å². The summed E-state index contributed by atoms with van der Waals surface area (Å²) in [4.78, 5) is 0. The maximum Gasteiger partial charge on any atom is 0.0389 e. The van der Waals surface area contributed by atoms with Crippen molar-refractivity contribution in [2.45, 2.75) is 52.4 Å². The van der Waals surface area contributed by atoms with E-state index in [-0.39, 0.29) is 10.8 Å². The number of benzene rings is 1. The molecule has 0 bridgehead atoms. The van der Waals surface area contributed by atoms with Crippen molar-refractivity contribution in [1.29, 1.82) is 0 Å². The molecule has 1 aromatic rings. The van der Waals surface area contributed by atoms with Crippen molar-refractivity contribution >= 4 is 5.69 Å². The van der Waals surface area contributed by atoms with Gasteiger partial charge in [-0.25, -0.2) is 0 Å². The van der Waals surface area contributed by atoms with Crippen LogP contribution in [-0.2, 0) is 10.8 Å². The summed E-state index contributed by atoms with van der Waals surface area (Å²) in [6, 6.07) is 6.37. The van der Waals surface area contributed by atoms with Gasteiger partial charge in [0.05, 0.1) is 0 Å². The molecule has 84 valence electrons. The highest BCUT2D eigenvalue weighted by Crippen LogP contribution is 2.35. The molecular weight excluding hydrogens is 182 g/mol. The van der Waals surface area contributed by atoms with Gasteiger partial charge >= 0.3 is 0 Å². The third kappa shape index (κ3) is 2.53. The van der Waals surface area contributed by atoms with Crippen LogP contribution in [0.25, 0.3) is 0 Å². The van der Waals surface area contributed by atoms with Gasteiger partial charge in [0.2, 0.25) is 0 Å². The van der Waals surface area contributed by atoms with Gasteiger partial charge in [-0.05, 0) is 22.0 Å². The molecule has 0 radical (unpaired) electrons. The Hall–Kier alpha value is -0.980. The zero-order valence-electron chi connectivity index (χ0n) is 10.8. The molecule has 1 rings (SSSR count). The molecule has 0 fully saturated rings. The standard InChI is InChI=1S/C14H23N/c1-13(2,3)10-8-7-9-11(12(10)15)14(4,5)6/h7-9H,15H2,1-6H3. The van der Waals surface area contributed by atoms with Gasteiger partial charge in [-0.2, -0.15) is 0 Å². The molecule has 0 saturated heterocycles. The van der Waals surface area contributed by atoms with Crippen LogP contribution in [0.5, 0.6) is 0 Å². The van der Waals surface area contributed by atoms with Crippen molar-refractivity contribution in [2.24, 2.45) is 0 Å². The highest BCUT2D eigenvalue weighted by atomic mass is 14.6. The summed E-state index contributed by atoms with van der Waals surface area (Å²) in [6.45, 7) is 13.2. The van der Waals surface area contributed by atoms with E-state index in [4.69, 9.17) is 5.73 Å². The molecule has 0 aliphatic rings. The van der Waals surface area contributed by atoms with E-state index in [0.717, 1.165) is 5.69 Å². The van der Waals surface area contributed by atoms with Crippen LogP contribution >= 0.6 is 0 Å². The summed E-state index contributed by atoms with van der Waals surface area (Å²) < 4.78 is 0. The zero-order valence-corrected chi connectivity index (χ0v) is 10.8. The van der Waals surface area contributed by atoms with Crippen molar-refractivity contribution in [1.82, 2.24) is 0 Å². The second-order valence-electron chi connectivity index (χ2n) is 6.27. The summed E-state index contributed by atoms with van der Waals surface area (Å²) in [5, 5.41) is 0. The van der Waals surface area contributed by atoms with Crippen molar-refractivity contribution < 1.29 is 0 Å². The second-order valence-corrected chi connectivity index (χ2v) is 6.27. The molecule has 0 aromatic heterocycles. The number of para-hydroxylation sites is 1. The largest absolute Gasteiger partial charge is 0.398 e. The lowest BCUT2D eigenvalue weighted by Crippen LogP contribution is -2.20. The number of nitrogens with two attached hydrogens (primary N) is 1. The van der Waals surface area contributed by atoms with Gasteiger partial charge in [-0.1, -0.05) is 59.7 Å². The van der Waals surface area contributed by atoms with E-state index in [0.29, 0.717) is 0 Å². The Morgan fingerprint density at radius 3 is 1.40 bits per heavy atom. The van der Waals surface area contributed by atoms with Crippen LogP contribution < -0.4 is 5.73 Å². The van der Waals surface area contributed by atoms with Crippen molar-refractivity contribution in [3.63, 3.8) is 0 Å². The molecule has 0 unspecified atom stereocenters. The van der Waals surface area contributed by atoms with Crippen molar-refractivity contribution in [2.75, 3.05) is 5.73 Å². The van der Waals surface area contributed by atoms with Crippen LogP contribution in [0, 0.1) is 0 Å². The lowest BCUT2D eigenvalue weighted by atomic mass is 9.79. The predicted molar refractivity (Wildman–Crippen MR) is 68.3 cm³/mol. The molecule has 0 aliphatic heterocycles. The number of nitrogen functional groups attached to an aromatic ring is 1. The van der Waals surface area contributed by atoms with Crippen LogP contribution in [0.2, 0.25) is 0 Å². The van der Waals surface area contributed by atoms with Gasteiger partial charge in [0.25, 0.3) is 0 Å². The van der Waals surface area contributed by atoms with Gasteiger partial charge in [0.1, 0.15) is 0 Å². The van der Waals surface area contributed by atoms with Crippen LogP contribution in [0.4, 0.5) is 5.69 Å². The maximum atomic E-state index is 6.26. The summed E-state index contributed by atoms with van der Waals surface area (Å²) >= 11 is 0. The van der Waals surface area contributed by atoms with Crippen molar-refractivity contribution in [3.8, 4) is 0 Å². The molecular formula is C14H23N. The molecule has 1 aromatic carbocycles. The summed E-state index contributed by atoms with van der Waals surface area (Å²) in [6.07, 6.45) is 0. The average Bonchev–Trinajstić information content (AvgIpc) is 1.99. The predicted octanol–water partition coefficient (Wildman–Crippen LogP) is 3.86. The Kier molecular flexibility index (Phi) is 2.86. The van der Waals surface area contributed by atoms with Gasteiger partial charge in [-0.15, -0.1) is 0 Å². The average molecular weight is 205 g/mol. The molecule has 15 heavy (non-hydrogen) atoms. The quantitative estimate of drug-likeness (QED) is 0.639. The molecule has 1 nitrogen and oxygen atoms in total. The first-order valence-corrected chi connectivity index (χ1v) is 5.53. The molecule has 0 heterocycles. The molecule has 0 atom stereocenters. The third-order valence-corrected chi connectivity index (χ3v) is 2.72. The van der Waals surface area contributed by atoms with E-state index in [1.807, 2.05) is 0 Å². The van der Waals surface area contributed by atoms with Gasteiger partial charge in [0.15, 0.2) is 0 Å². The number of anilines is 1. The fourth-order valence-electron chi connectivity index (χ4n) is 1.87. The topological polar surface area (TPSA) is 26.0 Å². The minimum absolute atomic E-state index is 0.116.